The van der Waals surface area contributed by atoms with Crippen molar-refractivity contribution in [2.75, 3.05) is 18.4 Å². The minimum atomic E-state index is -0.499. The Morgan fingerprint density at radius 3 is 2.77 bits per heavy atom. The predicted octanol–water partition coefficient (Wildman–Crippen LogP) is 3.34. The zero-order chi connectivity index (χ0) is 18.0. The highest BCUT2D eigenvalue weighted by molar-refractivity contribution is 7.14. The maximum Gasteiger partial charge on any atom is 0.260 e. The molecule has 4 N–H and O–H groups in total. The third-order valence-corrected chi connectivity index (χ3v) is 5.14. The Hall–Kier alpha value is -1.80. The number of anilines is 1. The second-order valence-electron chi connectivity index (χ2n) is 5.93. The van der Waals surface area contributed by atoms with Crippen molar-refractivity contribution in [3.8, 4) is 5.75 Å². The molecule has 1 aliphatic heterocycles. The summed E-state index contributed by atoms with van der Waals surface area (Å²) in [5, 5.41) is 15.1. The van der Waals surface area contributed by atoms with Gasteiger partial charge in [0.25, 0.3) is 11.8 Å². The number of amides is 2. The van der Waals surface area contributed by atoms with Crippen LogP contribution >= 0.6 is 35.3 Å². The molecule has 1 atom stereocenters. The number of carbonyl (C=O) groups excluding carboxylic acids is 2. The van der Waals surface area contributed by atoms with Crippen LogP contribution in [-0.4, -0.2) is 41.0 Å². The second kappa shape index (κ2) is 8.73. The Labute approximate surface area is 166 Å². The summed E-state index contributed by atoms with van der Waals surface area (Å²) in [5.74, 6) is -0.857. The predicted molar refractivity (Wildman–Crippen MR) is 106 cm³/mol. The Kier molecular flexibility index (Phi) is 6.88. The first-order chi connectivity index (χ1) is 12.0. The molecule has 0 aliphatic carbocycles. The van der Waals surface area contributed by atoms with Crippen LogP contribution in [-0.2, 0) is 0 Å². The van der Waals surface area contributed by atoms with Gasteiger partial charge in [-0.25, -0.2) is 0 Å². The summed E-state index contributed by atoms with van der Waals surface area (Å²) in [6, 6.07) is 5.93. The quantitative estimate of drug-likeness (QED) is 0.715. The van der Waals surface area contributed by atoms with E-state index in [0.29, 0.717) is 28.7 Å². The summed E-state index contributed by atoms with van der Waals surface area (Å²) in [6.07, 6.45) is 1.78. The van der Waals surface area contributed by atoms with Gasteiger partial charge in [0, 0.05) is 24.2 Å². The van der Waals surface area contributed by atoms with E-state index in [1.165, 1.54) is 29.5 Å². The van der Waals surface area contributed by atoms with Gasteiger partial charge in [-0.2, -0.15) is 0 Å². The number of piperidine rings is 1. The van der Waals surface area contributed by atoms with Gasteiger partial charge >= 0.3 is 0 Å². The molecule has 1 aromatic carbocycles. The van der Waals surface area contributed by atoms with E-state index >= 15 is 0 Å². The number of hydrogen-bond acceptors (Lipinski definition) is 5. The van der Waals surface area contributed by atoms with Crippen LogP contribution in [0.2, 0.25) is 5.02 Å². The van der Waals surface area contributed by atoms with Gasteiger partial charge in [-0.3, -0.25) is 9.59 Å². The lowest BCUT2D eigenvalue weighted by Gasteiger charge is -2.30. The van der Waals surface area contributed by atoms with Gasteiger partial charge in [0.15, 0.2) is 0 Å². The normalized spacial score (nSPS) is 16.7. The summed E-state index contributed by atoms with van der Waals surface area (Å²) in [6.45, 7) is 1.17. The molecule has 1 unspecified atom stereocenters. The van der Waals surface area contributed by atoms with E-state index in [1.807, 2.05) is 0 Å². The largest absolute Gasteiger partial charge is 0.507 e. The zero-order valence-corrected chi connectivity index (χ0v) is 16.2. The van der Waals surface area contributed by atoms with Crippen molar-refractivity contribution in [1.82, 2.24) is 4.90 Å². The molecule has 1 fully saturated rings. The molecule has 1 aliphatic rings. The Balaban J connectivity index is 0.00000243. The van der Waals surface area contributed by atoms with Crippen LogP contribution < -0.4 is 11.1 Å². The summed E-state index contributed by atoms with van der Waals surface area (Å²) >= 11 is 7.04. The van der Waals surface area contributed by atoms with Crippen LogP contribution in [0.5, 0.6) is 5.75 Å². The first kappa shape index (κ1) is 20.5. The SMILES string of the molecule is Cl.NC1CCCN(C(=O)c2ccsc2NC(=O)c2ccc(Cl)cc2O)C1. The summed E-state index contributed by atoms with van der Waals surface area (Å²) in [4.78, 5) is 26.8. The number of hydrogen-bond donors (Lipinski definition) is 3. The molecule has 140 valence electrons. The number of rotatable bonds is 3. The van der Waals surface area contributed by atoms with Crippen LogP contribution in [0.15, 0.2) is 29.6 Å². The van der Waals surface area contributed by atoms with E-state index in [1.54, 1.807) is 16.3 Å². The number of carbonyl (C=O) groups is 2. The summed E-state index contributed by atoms with van der Waals surface area (Å²) < 4.78 is 0. The maximum atomic E-state index is 12.7. The van der Waals surface area contributed by atoms with E-state index in [9.17, 15) is 14.7 Å². The van der Waals surface area contributed by atoms with E-state index in [-0.39, 0.29) is 35.7 Å². The first-order valence-corrected chi connectivity index (χ1v) is 9.13. The Morgan fingerprint density at radius 2 is 2.08 bits per heavy atom. The highest BCUT2D eigenvalue weighted by Crippen LogP contribution is 2.28. The summed E-state index contributed by atoms with van der Waals surface area (Å²) in [5.41, 5.74) is 6.47. The molecular formula is C17H19Cl2N3O3S. The number of benzene rings is 1. The molecule has 0 radical (unpaired) electrons. The van der Waals surface area contributed by atoms with E-state index in [0.717, 1.165) is 12.8 Å². The average Bonchev–Trinajstić information content (AvgIpc) is 3.02. The highest BCUT2D eigenvalue weighted by atomic mass is 35.5. The molecule has 26 heavy (non-hydrogen) atoms. The third-order valence-electron chi connectivity index (χ3n) is 4.07. The molecule has 3 rings (SSSR count). The second-order valence-corrected chi connectivity index (χ2v) is 7.29. The smallest absolute Gasteiger partial charge is 0.260 e. The molecule has 1 saturated heterocycles. The fourth-order valence-corrected chi connectivity index (χ4v) is 3.75. The first-order valence-electron chi connectivity index (χ1n) is 7.88. The van der Waals surface area contributed by atoms with Crippen molar-refractivity contribution in [3.63, 3.8) is 0 Å². The van der Waals surface area contributed by atoms with Crippen LogP contribution in [0.25, 0.3) is 0 Å². The van der Waals surface area contributed by atoms with E-state index < -0.39 is 5.91 Å². The van der Waals surface area contributed by atoms with Crippen LogP contribution in [0.1, 0.15) is 33.6 Å². The van der Waals surface area contributed by atoms with Crippen LogP contribution in [0.3, 0.4) is 0 Å². The number of halogens is 2. The van der Waals surface area contributed by atoms with Gasteiger partial charge in [0.1, 0.15) is 10.8 Å². The molecule has 9 heteroatoms. The number of nitrogens with one attached hydrogen (secondary N) is 1. The zero-order valence-electron chi connectivity index (χ0n) is 13.8. The van der Waals surface area contributed by atoms with Crippen molar-refractivity contribution in [2.45, 2.75) is 18.9 Å². The fraction of sp³-hybridized carbons (Fsp3) is 0.294. The lowest BCUT2D eigenvalue weighted by atomic mass is 10.1. The number of likely N-dealkylation sites (tertiary alicyclic amines) is 1. The Bertz CT molecular complexity index is 812. The van der Waals surface area contributed by atoms with E-state index in [4.69, 9.17) is 17.3 Å². The third kappa shape index (κ3) is 4.48. The van der Waals surface area contributed by atoms with Gasteiger partial charge in [-0.1, -0.05) is 11.6 Å². The van der Waals surface area contributed by atoms with Crippen molar-refractivity contribution in [1.29, 1.82) is 0 Å². The topological polar surface area (TPSA) is 95.7 Å². The lowest BCUT2D eigenvalue weighted by molar-refractivity contribution is 0.0710. The van der Waals surface area contributed by atoms with Gasteiger partial charge in [0.05, 0.1) is 11.1 Å². The van der Waals surface area contributed by atoms with Crippen molar-refractivity contribution < 1.29 is 14.7 Å². The molecule has 0 bridgehead atoms. The fourth-order valence-electron chi connectivity index (χ4n) is 2.81. The highest BCUT2D eigenvalue weighted by Gasteiger charge is 2.25. The lowest BCUT2D eigenvalue weighted by Crippen LogP contribution is -2.45. The Morgan fingerprint density at radius 1 is 1.31 bits per heavy atom. The van der Waals surface area contributed by atoms with Crippen LogP contribution in [0.4, 0.5) is 5.00 Å². The molecule has 1 aromatic heterocycles. The van der Waals surface area contributed by atoms with Crippen LogP contribution in [0, 0.1) is 0 Å². The molecule has 2 heterocycles. The minimum Gasteiger partial charge on any atom is -0.507 e. The van der Waals surface area contributed by atoms with Crippen molar-refractivity contribution in [2.24, 2.45) is 5.73 Å². The van der Waals surface area contributed by atoms with Crippen molar-refractivity contribution >= 4 is 52.2 Å². The number of nitrogens with two attached hydrogens (primary N) is 1. The van der Waals surface area contributed by atoms with Gasteiger partial charge in [-0.15, -0.1) is 23.7 Å². The minimum absolute atomic E-state index is 0. The molecule has 2 amide bonds. The molecular weight excluding hydrogens is 397 g/mol. The number of aromatic hydroxyl groups is 1. The van der Waals surface area contributed by atoms with E-state index in [2.05, 4.69) is 5.32 Å². The van der Waals surface area contributed by atoms with Crippen molar-refractivity contribution in [3.05, 3.63) is 45.8 Å². The van der Waals surface area contributed by atoms with Gasteiger partial charge in [-0.05, 0) is 42.5 Å². The number of phenols is 1. The number of thiophene rings is 1. The number of nitrogens with zero attached hydrogens (tertiary/aromatic N) is 1. The summed E-state index contributed by atoms with van der Waals surface area (Å²) in [7, 11) is 0. The molecule has 6 nitrogen and oxygen atoms in total. The monoisotopic (exact) mass is 415 g/mol. The van der Waals surface area contributed by atoms with Gasteiger partial charge in [0.2, 0.25) is 0 Å². The average molecular weight is 416 g/mol. The molecule has 0 spiro atoms. The number of phenolic OH excluding ortho intramolecular Hbond substituents is 1. The van der Waals surface area contributed by atoms with Gasteiger partial charge < -0.3 is 21.1 Å². The standard InChI is InChI=1S/C17H18ClN3O3S.ClH/c18-10-3-4-12(14(22)8-10)15(23)20-16-13(5-7-25-16)17(24)21-6-1-2-11(19)9-21;/h3-5,7-8,11,22H,1-2,6,9,19H2,(H,20,23);1H. The molecule has 0 saturated carbocycles. The molecule has 2 aromatic rings. The maximum absolute atomic E-state index is 12.7.